The second-order valence-electron chi connectivity index (χ2n) is 7.81. The van der Waals surface area contributed by atoms with Gasteiger partial charge >= 0.3 is 6.09 Å². The average Bonchev–Trinajstić information content (AvgIpc) is 3.17. The Hall–Kier alpha value is -3.28. The Morgan fingerprint density at radius 2 is 1.73 bits per heavy atom. The Morgan fingerprint density at radius 3 is 2.53 bits per heavy atom. The SMILES string of the molecule is O=C(N[C@@H](Cc1c[nH]c2ccccc12)C(=O)NC1CCCCC1)Oc1ccccc1. The van der Waals surface area contributed by atoms with Gasteiger partial charge in [0.2, 0.25) is 5.91 Å². The zero-order valence-electron chi connectivity index (χ0n) is 16.9. The lowest BCUT2D eigenvalue weighted by Gasteiger charge is -2.26. The van der Waals surface area contributed by atoms with Crippen LogP contribution in [-0.4, -0.2) is 29.1 Å². The molecule has 0 aliphatic heterocycles. The Kier molecular flexibility index (Phi) is 6.32. The second-order valence-corrected chi connectivity index (χ2v) is 7.81. The zero-order valence-corrected chi connectivity index (χ0v) is 16.9. The average molecular weight is 405 g/mol. The fourth-order valence-corrected chi connectivity index (χ4v) is 4.05. The number of amides is 2. The summed E-state index contributed by atoms with van der Waals surface area (Å²) in [6.07, 6.45) is 7.09. The fourth-order valence-electron chi connectivity index (χ4n) is 4.05. The van der Waals surface area contributed by atoms with Gasteiger partial charge in [0.05, 0.1) is 0 Å². The summed E-state index contributed by atoms with van der Waals surface area (Å²) < 4.78 is 5.35. The second kappa shape index (κ2) is 9.48. The van der Waals surface area contributed by atoms with Crippen LogP contribution < -0.4 is 15.4 Å². The van der Waals surface area contributed by atoms with Crippen molar-refractivity contribution in [2.45, 2.75) is 50.6 Å². The minimum atomic E-state index is -0.720. The number of rotatable bonds is 6. The Labute approximate surface area is 176 Å². The van der Waals surface area contributed by atoms with E-state index in [1.165, 1.54) is 6.42 Å². The molecule has 0 radical (unpaired) electrons. The first kappa shape index (κ1) is 20.0. The molecule has 0 bridgehead atoms. The molecule has 2 aromatic carbocycles. The number of benzene rings is 2. The number of ether oxygens (including phenoxy) is 1. The number of fused-ring (bicyclic) bond motifs is 1. The van der Waals surface area contributed by atoms with E-state index in [1.807, 2.05) is 36.5 Å². The largest absolute Gasteiger partial charge is 0.413 e. The highest BCUT2D eigenvalue weighted by atomic mass is 16.6. The van der Waals surface area contributed by atoms with Crippen molar-refractivity contribution in [3.63, 3.8) is 0 Å². The third kappa shape index (κ3) is 5.00. The van der Waals surface area contributed by atoms with Gasteiger partial charge in [0.25, 0.3) is 0 Å². The molecule has 1 aliphatic rings. The first-order chi connectivity index (χ1) is 14.7. The summed E-state index contributed by atoms with van der Waals surface area (Å²) in [5, 5.41) is 6.95. The lowest BCUT2D eigenvalue weighted by atomic mass is 9.95. The van der Waals surface area contributed by atoms with E-state index in [0.29, 0.717) is 12.2 Å². The highest BCUT2D eigenvalue weighted by Gasteiger charge is 2.26. The van der Waals surface area contributed by atoms with Gasteiger partial charge in [-0.3, -0.25) is 4.79 Å². The molecule has 1 saturated carbocycles. The van der Waals surface area contributed by atoms with Gasteiger partial charge in [-0.1, -0.05) is 55.7 Å². The van der Waals surface area contributed by atoms with Gasteiger partial charge in [0, 0.05) is 29.6 Å². The van der Waals surface area contributed by atoms with Gasteiger partial charge in [-0.25, -0.2) is 4.79 Å². The Morgan fingerprint density at radius 1 is 1.00 bits per heavy atom. The highest BCUT2D eigenvalue weighted by Crippen LogP contribution is 2.21. The van der Waals surface area contributed by atoms with E-state index in [1.54, 1.807) is 24.3 Å². The molecule has 30 heavy (non-hydrogen) atoms. The van der Waals surface area contributed by atoms with Crippen LogP contribution in [0.15, 0.2) is 60.8 Å². The molecule has 4 rings (SSSR count). The van der Waals surface area contributed by atoms with Crippen LogP contribution in [0.3, 0.4) is 0 Å². The maximum atomic E-state index is 13.1. The molecule has 1 aliphatic carbocycles. The van der Waals surface area contributed by atoms with Crippen LogP contribution in [0.4, 0.5) is 4.79 Å². The third-order valence-corrected chi connectivity index (χ3v) is 5.61. The van der Waals surface area contributed by atoms with Crippen molar-refractivity contribution >= 4 is 22.9 Å². The first-order valence-electron chi connectivity index (χ1n) is 10.6. The van der Waals surface area contributed by atoms with Gasteiger partial charge < -0.3 is 20.4 Å². The van der Waals surface area contributed by atoms with Crippen molar-refractivity contribution in [3.8, 4) is 5.75 Å². The highest BCUT2D eigenvalue weighted by molar-refractivity contribution is 5.88. The molecule has 1 aromatic heterocycles. The number of carbonyl (C=O) groups is 2. The summed E-state index contributed by atoms with van der Waals surface area (Å²) in [5.41, 5.74) is 1.99. The van der Waals surface area contributed by atoms with Gasteiger partial charge in [-0.05, 0) is 36.6 Å². The minimum Gasteiger partial charge on any atom is -0.410 e. The van der Waals surface area contributed by atoms with Crippen molar-refractivity contribution in [2.24, 2.45) is 0 Å². The topological polar surface area (TPSA) is 83.2 Å². The van der Waals surface area contributed by atoms with E-state index in [4.69, 9.17) is 4.74 Å². The van der Waals surface area contributed by atoms with Crippen LogP contribution in [0.2, 0.25) is 0 Å². The summed E-state index contributed by atoms with van der Waals surface area (Å²) in [6.45, 7) is 0. The molecule has 0 unspecified atom stereocenters. The van der Waals surface area contributed by atoms with E-state index >= 15 is 0 Å². The molecule has 3 N–H and O–H groups in total. The van der Waals surface area contributed by atoms with Gasteiger partial charge in [-0.2, -0.15) is 0 Å². The molecule has 6 nitrogen and oxygen atoms in total. The van der Waals surface area contributed by atoms with Crippen LogP contribution in [0, 0.1) is 0 Å². The number of aromatic nitrogens is 1. The number of hydrogen-bond donors (Lipinski definition) is 3. The summed E-state index contributed by atoms with van der Waals surface area (Å²) in [6, 6.07) is 16.2. The lowest BCUT2D eigenvalue weighted by Crippen LogP contribution is -2.51. The standard InChI is InChI=1S/C24H27N3O3/c28-23(26-18-9-3-1-4-10-18)22(27-24(29)30-19-11-5-2-6-12-19)15-17-16-25-21-14-8-7-13-20(17)21/h2,5-8,11-14,16,18,22,25H,1,3-4,9-10,15H2,(H,26,28)(H,27,29)/t22-/m0/s1. The van der Waals surface area contributed by atoms with Crippen molar-refractivity contribution in [1.29, 1.82) is 0 Å². The summed E-state index contributed by atoms with van der Waals surface area (Å²) in [5.74, 6) is 0.269. The normalized spacial score (nSPS) is 15.5. The molecule has 2 amide bonds. The molecule has 3 aromatic rings. The molecule has 6 heteroatoms. The molecular weight excluding hydrogens is 378 g/mol. The maximum Gasteiger partial charge on any atom is 0.413 e. The van der Waals surface area contributed by atoms with Crippen molar-refractivity contribution in [2.75, 3.05) is 0 Å². The molecule has 156 valence electrons. The zero-order chi connectivity index (χ0) is 20.8. The Bertz CT molecular complexity index is 993. The van der Waals surface area contributed by atoms with E-state index in [0.717, 1.165) is 42.1 Å². The summed E-state index contributed by atoms with van der Waals surface area (Å²) >= 11 is 0. The molecule has 1 heterocycles. The van der Waals surface area contributed by atoms with E-state index in [9.17, 15) is 9.59 Å². The maximum absolute atomic E-state index is 13.1. The fraction of sp³-hybridized carbons (Fsp3) is 0.333. The monoisotopic (exact) mass is 405 g/mol. The van der Waals surface area contributed by atoms with Crippen molar-refractivity contribution < 1.29 is 14.3 Å². The molecular formula is C24H27N3O3. The van der Waals surface area contributed by atoms with Crippen molar-refractivity contribution in [3.05, 3.63) is 66.4 Å². The molecule has 0 spiro atoms. The van der Waals surface area contributed by atoms with Crippen LogP contribution in [-0.2, 0) is 11.2 Å². The summed E-state index contributed by atoms with van der Waals surface area (Å²) in [7, 11) is 0. The number of aromatic amines is 1. The number of nitrogens with one attached hydrogen (secondary N) is 3. The number of H-pyrrole nitrogens is 1. The first-order valence-corrected chi connectivity index (χ1v) is 10.6. The van der Waals surface area contributed by atoms with Gasteiger partial charge in [0.15, 0.2) is 0 Å². The van der Waals surface area contributed by atoms with Crippen LogP contribution >= 0.6 is 0 Å². The van der Waals surface area contributed by atoms with Crippen LogP contribution in [0.1, 0.15) is 37.7 Å². The summed E-state index contributed by atoms with van der Waals surface area (Å²) in [4.78, 5) is 28.8. The molecule has 0 saturated heterocycles. The van der Waals surface area contributed by atoms with Crippen LogP contribution in [0.5, 0.6) is 5.75 Å². The quantitative estimate of drug-likeness (QED) is 0.571. The van der Waals surface area contributed by atoms with Gasteiger partial charge in [-0.15, -0.1) is 0 Å². The van der Waals surface area contributed by atoms with E-state index in [2.05, 4.69) is 15.6 Å². The lowest BCUT2D eigenvalue weighted by molar-refractivity contribution is -0.123. The van der Waals surface area contributed by atoms with Crippen molar-refractivity contribution in [1.82, 2.24) is 15.6 Å². The number of para-hydroxylation sites is 2. The van der Waals surface area contributed by atoms with E-state index < -0.39 is 12.1 Å². The van der Waals surface area contributed by atoms with Gasteiger partial charge in [0.1, 0.15) is 11.8 Å². The smallest absolute Gasteiger partial charge is 0.410 e. The number of carbonyl (C=O) groups excluding carboxylic acids is 2. The number of hydrogen-bond acceptors (Lipinski definition) is 3. The minimum absolute atomic E-state index is 0.169. The predicted molar refractivity (Wildman–Crippen MR) is 116 cm³/mol. The van der Waals surface area contributed by atoms with E-state index in [-0.39, 0.29) is 11.9 Å². The Balaban J connectivity index is 1.49. The molecule has 1 fully saturated rings. The van der Waals surface area contributed by atoms with Crippen LogP contribution in [0.25, 0.3) is 10.9 Å². The third-order valence-electron chi connectivity index (χ3n) is 5.61. The predicted octanol–water partition coefficient (Wildman–Crippen LogP) is 4.32. The molecule has 1 atom stereocenters.